The van der Waals surface area contributed by atoms with Gasteiger partial charge < -0.3 is 0 Å². The molecule has 6 heteroatoms. The molecule has 68 valence electrons. The second-order valence-corrected chi connectivity index (χ2v) is 3.24. The summed E-state index contributed by atoms with van der Waals surface area (Å²) in [7, 11) is 0. The molecule has 0 atom stereocenters. The number of aromatic nitrogens is 5. The minimum Gasteiger partial charge on any atom is -0.218 e. The summed E-state index contributed by atoms with van der Waals surface area (Å²) < 4.78 is 2.02. The lowest BCUT2D eigenvalue weighted by atomic mass is 10.2. The monoisotopic (exact) mass is 203 g/mol. The Balaban J connectivity index is 2.73. The predicted molar refractivity (Wildman–Crippen MR) is 53.5 cm³/mol. The lowest BCUT2D eigenvalue weighted by Gasteiger charge is -1.96. The van der Waals surface area contributed by atoms with E-state index < -0.39 is 0 Å². The van der Waals surface area contributed by atoms with Crippen LogP contribution in [0.15, 0.2) is 24.3 Å². The number of benzene rings is 1. The number of para-hydroxylation sites is 1. The Labute approximate surface area is 83.4 Å². The number of nitrogens with one attached hydrogen (secondary N) is 1. The highest BCUT2D eigenvalue weighted by Crippen LogP contribution is 2.14. The summed E-state index contributed by atoms with van der Waals surface area (Å²) in [4.78, 5) is 4.24. The standard InChI is InChI=1S/C8H5N5S/c14-8-9-6-4-2-1-3-5(6)7-10-11-12-13(7)8/h1-4H,(H,10,12). The molecule has 0 aliphatic heterocycles. The van der Waals surface area contributed by atoms with E-state index in [0.717, 1.165) is 10.9 Å². The first-order valence-electron chi connectivity index (χ1n) is 4.05. The molecule has 0 aliphatic carbocycles. The van der Waals surface area contributed by atoms with Gasteiger partial charge in [0.25, 0.3) is 0 Å². The number of hydrogen-bond acceptors (Lipinski definition) is 4. The van der Waals surface area contributed by atoms with Gasteiger partial charge in [0.15, 0.2) is 5.65 Å². The van der Waals surface area contributed by atoms with Gasteiger partial charge >= 0.3 is 0 Å². The largest absolute Gasteiger partial charge is 0.222 e. The number of tetrazole rings is 1. The van der Waals surface area contributed by atoms with Crippen LogP contribution in [0, 0.1) is 4.77 Å². The Morgan fingerprint density at radius 1 is 1.29 bits per heavy atom. The van der Waals surface area contributed by atoms with Gasteiger partial charge in [-0.15, -0.1) is 5.10 Å². The van der Waals surface area contributed by atoms with Crippen molar-refractivity contribution in [2.45, 2.75) is 0 Å². The van der Waals surface area contributed by atoms with Crippen molar-refractivity contribution < 1.29 is 0 Å². The second-order valence-electron chi connectivity index (χ2n) is 2.87. The van der Waals surface area contributed by atoms with Gasteiger partial charge in [-0.2, -0.15) is 9.73 Å². The number of nitrogens with zero attached hydrogens (tertiary/aromatic N) is 4. The van der Waals surface area contributed by atoms with Gasteiger partial charge in [0.1, 0.15) is 0 Å². The Bertz CT molecular complexity index is 668. The minimum atomic E-state index is 0.434. The van der Waals surface area contributed by atoms with Crippen LogP contribution in [0.3, 0.4) is 0 Å². The number of aromatic amines is 1. The zero-order chi connectivity index (χ0) is 9.54. The van der Waals surface area contributed by atoms with Gasteiger partial charge in [-0.25, -0.2) is 4.98 Å². The summed E-state index contributed by atoms with van der Waals surface area (Å²) >= 11 is 5.08. The van der Waals surface area contributed by atoms with Gasteiger partial charge in [-0.3, -0.25) is 0 Å². The van der Waals surface area contributed by atoms with Crippen LogP contribution in [0.4, 0.5) is 0 Å². The summed E-state index contributed by atoms with van der Waals surface area (Å²) in [5.74, 6) is 0. The fraction of sp³-hybridized carbons (Fsp3) is 0. The molecule has 3 aromatic rings. The Hall–Kier alpha value is -1.82. The second kappa shape index (κ2) is 2.58. The highest BCUT2D eigenvalue weighted by molar-refractivity contribution is 7.71. The highest BCUT2D eigenvalue weighted by Gasteiger charge is 2.04. The quantitative estimate of drug-likeness (QED) is 0.560. The molecule has 0 aliphatic rings. The van der Waals surface area contributed by atoms with Crippen LogP contribution in [-0.4, -0.2) is 25.0 Å². The minimum absolute atomic E-state index is 0.434. The first kappa shape index (κ1) is 7.57. The van der Waals surface area contributed by atoms with Crippen LogP contribution in [0.25, 0.3) is 16.6 Å². The molecular weight excluding hydrogens is 198 g/mol. The van der Waals surface area contributed by atoms with E-state index in [1.54, 1.807) is 4.52 Å². The van der Waals surface area contributed by atoms with Crippen molar-refractivity contribution in [3.8, 4) is 0 Å². The summed E-state index contributed by atoms with van der Waals surface area (Å²) in [5, 5.41) is 11.3. The van der Waals surface area contributed by atoms with Crippen molar-refractivity contribution in [1.82, 2.24) is 25.0 Å². The lowest BCUT2D eigenvalue weighted by molar-refractivity contribution is 0.803. The predicted octanol–water partition coefficient (Wildman–Crippen LogP) is 1.34. The first-order valence-corrected chi connectivity index (χ1v) is 4.45. The molecule has 14 heavy (non-hydrogen) atoms. The molecule has 0 radical (unpaired) electrons. The fourth-order valence-corrected chi connectivity index (χ4v) is 1.65. The zero-order valence-electron chi connectivity index (χ0n) is 7.01. The number of rotatable bonds is 0. The van der Waals surface area contributed by atoms with Gasteiger partial charge in [-0.1, -0.05) is 17.3 Å². The molecule has 0 saturated heterocycles. The molecule has 5 nitrogen and oxygen atoms in total. The summed E-state index contributed by atoms with van der Waals surface area (Å²) in [6.07, 6.45) is 0. The first-order chi connectivity index (χ1) is 6.86. The van der Waals surface area contributed by atoms with Crippen LogP contribution >= 0.6 is 12.2 Å². The van der Waals surface area contributed by atoms with E-state index in [-0.39, 0.29) is 0 Å². The van der Waals surface area contributed by atoms with E-state index in [9.17, 15) is 0 Å². The van der Waals surface area contributed by atoms with E-state index >= 15 is 0 Å². The number of hydrogen-bond donors (Lipinski definition) is 1. The van der Waals surface area contributed by atoms with Crippen molar-refractivity contribution in [2.75, 3.05) is 0 Å². The molecule has 3 rings (SSSR count). The van der Waals surface area contributed by atoms with Crippen LogP contribution in [0.2, 0.25) is 0 Å². The van der Waals surface area contributed by atoms with E-state index in [1.165, 1.54) is 0 Å². The van der Waals surface area contributed by atoms with Crippen molar-refractivity contribution in [2.24, 2.45) is 0 Å². The maximum Gasteiger partial charge on any atom is 0.222 e. The van der Waals surface area contributed by atoms with Crippen molar-refractivity contribution >= 4 is 28.8 Å². The van der Waals surface area contributed by atoms with Crippen LogP contribution in [-0.2, 0) is 0 Å². The molecule has 0 unspecified atom stereocenters. The summed E-state index contributed by atoms with van der Waals surface area (Å²) in [5.41, 5.74) is 1.55. The van der Waals surface area contributed by atoms with Crippen LogP contribution < -0.4 is 0 Å². The van der Waals surface area contributed by atoms with Gasteiger partial charge in [0.05, 0.1) is 5.52 Å². The normalized spacial score (nSPS) is 11.1. The topological polar surface area (TPSA) is 58.9 Å². The molecular formula is C8H5N5S. The summed E-state index contributed by atoms with van der Waals surface area (Å²) in [6.45, 7) is 0. The van der Waals surface area contributed by atoms with Gasteiger partial charge in [0, 0.05) is 5.39 Å². The molecule has 0 saturated carbocycles. The molecule has 0 spiro atoms. The average molecular weight is 203 g/mol. The summed E-state index contributed by atoms with van der Waals surface area (Å²) in [6, 6.07) is 7.69. The van der Waals surface area contributed by atoms with Gasteiger partial charge in [-0.05, 0) is 24.4 Å². The zero-order valence-corrected chi connectivity index (χ0v) is 7.82. The van der Waals surface area contributed by atoms with E-state index in [1.807, 2.05) is 24.3 Å². The third-order valence-electron chi connectivity index (χ3n) is 2.05. The van der Waals surface area contributed by atoms with Crippen molar-refractivity contribution in [3.05, 3.63) is 29.0 Å². The molecule has 1 N–H and O–H groups in total. The maximum absolute atomic E-state index is 5.08. The number of H-pyrrole nitrogens is 1. The van der Waals surface area contributed by atoms with Crippen LogP contribution in [0.5, 0.6) is 0 Å². The fourth-order valence-electron chi connectivity index (χ4n) is 1.43. The van der Waals surface area contributed by atoms with E-state index in [0.29, 0.717) is 10.4 Å². The third-order valence-corrected chi connectivity index (χ3v) is 2.33. The molecule has 0 bridgehead atoms. The van der Waals surface area contributed by atoms with E-state index in [2.05, 4.69) is 20.5 Å². The van der Waals surface area contributed by atoms with Crippen molar-refractivity contribution in [1.29, 1.82) is 0 Å². The average Bonchev–Trinajstić information content (AvgIpc) is 2.67. The lowest BCUT2D eigenvalue weighted by Crippen LogP contribution is -1.94. The SMILES string of the molecule is S=c1nc2ccccc2c2nn[nH]n12. The molecule has 0 fully saturated rings. The van der Waals surface area contributed by atoms with E-state index in [4.69, 9.17) is 12.2 Å². The molecule has 2 aromatic heterocycles. The molecule has 1 aromatic carbocycles. The Morgan fingerprint density at radius 3 is 3.07 bits per heavy atom. The third kappa shape index (κ3) is 0.882. The van der Waals surface area contributed by atoms with Crippen LogP contribution in [0.1, 0.15) is 0 Å². The Kier molecular flexibility index (Phi) is 1.40. The highest BCUT2D eigenvalue weighted by atomic mass is 32.1. The molecule has 2 heterocycles. The smallest absolute Gasteiger partial charge is 0.218 e. The van der Waals surface area contributed by atoms with Crippen molar-refractivity contribution in [3.63, 3.8) is 0 Å². The Morgan fingerprint density at radius 2 is 2.14 bits per heavy atom. The van der Waals surface area contributed by atoms with Gasteiger partial charge in [0.2, 0.25) is 4.77 Å². The molecule has 0 amide bonds. The number of fused-ring (bicyclic) bond motifs is 3. The maximum atomic E-state index is 5.08.